The van der Waals surface area contributed by atoms with Gasteiger partial charge in [0.1, 0.15) is 5.75 Å². The Kier molecular flexibility index (Phi) is 5.86. The first-order valence-electron chi connectivity index (χ1n) is 8.46. The maximum atomic E-state index is 12.1. The van der Waals surface area contributed by atoms with E-state index in [1.165, 1.54) is 11.3 Å². The van der Waals surface area contributed by atoms with Crippen LogP contribution in [0.15, 0.2) is 60.0 Å². The number of thiazole rings is 1. The zero-order valence-electron chi connectivity index (χ0n) is 14.5. The number of anilines is 1. The number of phenolic OH excluding ortho intramolecular Hbond substituents is 1. The molecule has 3 N–H and O–H groups in total. The molecule has 1 aromatic heterocycles. The summed E-state index contributed by atoms with van der Waals surface area (Å²) in [5.41, 5.74) is 3.01. The summed E-state index contributed by atoms with van der Waals surface area (Å²) in [5.74, 6) is 0.262. The Labute approximate surface area is 156 Å². The van der Waals surface area contributed by atoms with Crippen LogP contribution >= 0.6 is 11.3 Å². The molecule has 1 atom stereocenters. The van der Waals surface area contributed by atoms with E-state index < -0.39 is 0 Å². The van der Waals surface area contributed by atoms with Crippen LogP contribution in [0.25, 0.3) is 11.3 Å². The second-order valence-corrected chi connectivity index (χ2v) is 6.97. The molecular weight excluding hydrogens is 346 g/mol. The van der Waals surface area contributed by atoms with Crippen molar-refractivity contribution in [3.63, 3.8) is 0 Å². The van der Waals surface area contributed by atoms with E-state index in [1.54, 1.807) is 12.1 Å². The summed E-state index contributed by atoms with van der Waals surface area (Å²) in [6.45, 7) is 1.97. The number of nitrogens with one attached hydrogen (secondary N) is 2. The van der Waals surface area contributed by atoms with Crippen molar-refractivity contribution >= 4 is 22.5 Å². The number of rotatable bonds is 6. The smallest absolute Gasteiger partial charge is 0.321 e. The number of aromatic nitrogens is 1. The molecule has 1 heterocycles. The Balaban J connectivity index is 1.47. The Morgan fingerprint density at radius 1 is 1.15 bits per heavy atom. The van der Waals surface area contributed by atoms with Gasteiger partial charge in [-0.25, -0.2) is 9.78 Å². The van der Waals surface area contributed by atoms with Crippen molar-refractivity contribution in [2.75, 3.05) is 5.32 Å². The lowest BCUT2D eigenvalue weighted by molar-refractivity contribution is 0.248. The van der Waals surface area contributed by atoms with Gasteiger partial charge in [-0.2, -0.15) is 0 Å². The van der Waals surface area contributed by atoms with E-state index in [0.29, 0.717) is 5.13 Å². The summed E-state index contributed by atoms with van der Waals surface area (Å²) in [5, 5.41) is 17.5. The van der Waals surface area contributed by atoms with Crippen LogP contribution in [0.2, 0.25) is 0 Å². The van der Waals surface area contributed by atoms with E-state index in [2.05, 4.69) is 15.6 Å². The molecule has 5 nitrogen and oxygen atoms in total. The van der Waals surface area contributed by atoms with Crippen LogP contribution in [0, 0.1) is 0 Å². The zero-order chi connectivity index (χ0) is 18.4. The Morgan fingerprint density at radius 2 is 1.88 bits per heavy atom. The van der Waals surface area contributed by atoms with Gasteiger partial charge in [0.2, 0.25) is 0 Å². The predicted octanol–water partition coefficient (Wildman–Crippen LogP) is 4.66. The highest BCUT2D eigenvalue weighted by Crippen LogP contribution is 2.24. The minimum atomic E-state index is -0.253. The van der Waals surface area contributed by atoms with Gasteiger partial charge in [0.25, 0.3) is 0 Å². The van der Waals surface area contributed by atoms with E-state index in [4.69, 9.17) is 0 Å². The second kappa shape index (κ2) is 8.49. The number of aromatic hydroxyl groups is 1. The summed E-state index contributed by atoms with van der Waals surface area (Å²) in [6.07, 6.45) is 1.64. The first-order chi connectivity index (χ1) is 12.6. The van der Waals surface area contributed by atoms with Gasteiger partial charge in [0.15, 0.2) is 5.13 Å². The minimum absolute atomic E-state index is 0.0253. The van der Waals surface area contributed by atoms with Crippen molar-refractivity contribution in [3.05, 3.63) is 65.5 Å². The van der Waals surface area contributed by atoms with Crippen molar-refractivity contribution in [1.29, 1.82) is 0 Å². The topological polar surface area (TPSA) is 74.2 Å². The van der Waals surface area contributed by atoms with Gasteiger partial charge in [0.05, 0.1) is 5.69 Å². The second-order valence-electron chi connectivity index (χ2n) is 6.11. The van der Waals surface area contributed by atoms with Gasteiger partial charge in [0, 0.05) is 17.0 Å². The largest absolute Gasteiger partial charge is 0.508 e. The van der Waals surface area contributed by atoms with Gasteiger partial charge in [-0.05, 0) is 37.5 Å². The van der Waals surface area contributed by atoms with Gasteiger partial charge in [-0.15, -0.1) is 11.3 Å². The Hall–Kier alpha value is -2.86. The number of aryl methyl sites for hydroxylation is 1. The summed E-state index contributed by atoms with van der Waals surface area (Å²) < 4.78 is 0. The number of amides is 2. The van der Waals surface area contributed by atoms with Gasteiger partial charge in [-0.3, -0.25) is 5.32 Å². The monoisotopic (exact) mass is 367 g/mol. The summed E-state index contributed by atoms with van der Waals surface area (Å²) >= 11 is 1.40. The highest BCUT2D eigenvalue weighted by Gasteiger charge is 2.10. The maximum Gasteiger partial charge on any atom is 0.321 e. The number of nitrogens with zero attached hydrogens (tertiary/aromatic N) is 1. The fourth-order valence-corrected chi connectivity index (χ4v) is 3.26. The van der Waals surface area contributed by atoms with E-state index in [-0.39, 0.29) is 17.8 Å². The molecule has 1 unspecified atom stereocenters. The molecule has 0 saturated heterocycles. The molecule has 3 rings (SSSR count). The van der Waals surface area contributed by atoms with Crippen molar-refractivity contribution in [1.82, 2.24) is 10.3 Å². The average molecular weight is 367 g/mol. The van der Waals surface area contributed by atoms with E-state index in [1.807, 2.05) is 54.8 Å². The Morgan fingerprint density at radius 3 is 2.62 bits per heavy atom. The maximum absolute atomic E-state index is 12.1. The SMILES string of the molecule is CC(CCc1ccc(O)cc1)NC(=O)Nc1nc(-c2ccccc2)cs1. The number of urea groups is 1. The fourth-order valence-electron chi connectivity index (χ4n) is 2.55. The van der Waals surface area contributed by atoms with E-state index in [0.717, 1.165) is 29.7 Å². The molecule has 0 spiro atoms. The molecular formula is C20H21N3O2S. The third kappa shape index (κ3) is 5.07. The van der Waals surface area contributed by atoms with Crippen molar-refractivity contribution in [3.8, 4) is 17.0 Å². The molecule has 0 saturated carbocycles. The molecule has 26 heavy (non-hydrogen) atoms. The lowest BCUT2D eigenvalue weighted by Gasteiger charge is -2.13. The minimum Gasteiger partial charge on any atom is -0.508 e. The predicted molar refractivity (Wildman–Crippen MR) is 106 cm³/mol. The lowest BCUT2D eigenvalue weighted by atomic mass is 10.1. The van der Waals surface area contributed by atoms with Gasteiger partial charge in [-0.1, -0.05) is 42.5 Å². The van der Waals surface area contributed by atoms with Crippen LogP contribution in [0.4, 0.5) is 9.93 Å². The van der Waals surface area contributed by atoms with Crippen molar-refractivity contribution in [2.24, 2.45) is 0 Å². The normalized spacial score (nSPS) is 11.7. The molecule has 0 bridgehead atoms. The summed E-state index contributed by atoms with van der Waals surface area (Å²) in [7, 11) is 0. The van der Waals surface area contributed by atoms with Crippen molar-refractivity contribution < 1.29 is 9.90 Å². The number of phenols is 1. The van der Waals surface area contributed by atoms with Crippen molar-refractivity contribution in [2.45, 2.75) is 25.8 Å². The van der Waals surface area contributed by atoms with Crippen LogP contribution in [0.3, 0.4) is 0 Å². The Bertz CT molecular complexity index is 847. The molecule has 0 aliphatic carbocycles. The number of benzene rings is 2. The molecule has 0 radical (unpaired) electrons. The van der Waals surface area contributed by atoms with Crippen LogP contribution < -0.4 is 10.6 Å². The van der Waals surface area contributed by atoms with E-state index >= 15 is 0 Å². The molecule has 0 aliphatic rings. The molecule has 3 aromatic rings. The molecule has 0 fully saturated rings. The zero-order valence-corrected chi connectivity index (χ0v) is 15.3. The van der Waals surface area contributed by atoms with Crippen LogP contribution in [0.1, 0.15) is 18.9 Å². The molecule has 2 aromatic carbocycles. The summed E-state index contributed by atoms with van der Waals surface area (Å²) in [4.78, 5) is 16.6. The highest BCUT2D eigenvalue weighted by molar-refractivity contribution is 7.14. The highest BCUT2D eigenvalue weighted by atomic mass is 32.1. The number of carbonyl (C=O) groups is 1. The number of hydrogen-bond acceptors (Lipinski definition) is 4. The number of carbonyl (C=O) groups excluding carboxylic acids is 1. The van der Waals surface area contributed by atoms with Crippen LogP contribution in [-0.4, -0.2) is 22.2 Å². The third-order valence-electron chi connectivity index (χ3n) is 3.97. The quantitative estimate of drug-likeness (QED) is 0.593. The lowest BCUT2D eigenvalue weighted by Crippen LogP contribution is -2.36. The molecule has 6 heteroatoms. The van der Waals surface area contributed by atoms with E-state index in [9.17, 15) is 9.90 Å². The van der Waals surface area contributed by atoms with Gasteiger partial charge < -0.3 is 10.4 Å². The first kappa shape index (κ1) is 17.9. The molecule has 2 amide bonds. The van der Waals surface area contributed by atoms with Gasteiger partial charge >= 0.3 is 6.03 Å². The molecule has 134 valence electrons. The standard InChI is InChI=1S/C20H21N3O2S/c1-14(7-8-15-9-11-17(24)12-10-15)21-19(25)23-20-22-18(13-26-20)16-5-3-2-4-6-16/h2-6,9-14,24H,7-8H2,1H3,(H2,21,22,23,25). The third-order valence-corrected chi connectivity index (χ3v) is 4.73. The first-order valence-corrected chi connectivity index (χ1v) is 9.34. The fraction of sp³-hybridized carbons (Fsp3) is 0.200. The average Bonchev–Trinajstić information content (AvgIpc) is 3.10. The van der Waals surface area contributed by atoms with Crippen LogP contribution in [0.5, 0.6) is 5.75 Å². The summed E-state index contributed by atoms with van der Waals surface area (Å²) in [6, 6.07) is 16.8. The van der Waals surface area contributed by atoms with Crippen LogP contribution in [-0.2, 0) is 6.42 Å². The number of hydrogen-bond donors (Lipinski definition) is 3. The molecule has 0 aliphatic heterocycles.